The third-order valence-corrected chi connectivity index (χ3v) is 6.59. The van der Waals surface area contributed by atoms with E-state index in [0.29, 0.717) is 0 Å². The molecule has 0 bridgehead atoms. The summed E-state index contributed by atoms with van der Waals surface area (Å²) in [6.07, 6.45) is 3.01. The molecule has 2 aliphatic heterocycles. The van der Waals surface area contributed by atoms with Gasteiger partial charge in [0.1, 0.15) is 10.6 Å². The predicted molar refractivity (Wildman–Crippen MR) is 103 cm³/mol. The second-order valence-corrected chi connectivity index (χ2v) is 9.15. The van der Waals surface area contributed by atoms with Crippen molar-refractivity contribution in [1.82, 2.24) is 4.90 Å². The molecule has 2 aliphatic rings. The van der Waals surface area contributed by atoms with Crippen molar-refractivity contribution in [1.29, 1.82) is 0 Å². The summed E-state index contributed by atoms with van der Waals surface area (Å²) < 4.78 is 5.50. The van der Waals surface area contributed by atoms with Crippen LogP contribution in [-0.4, -0.2) is 48.8 Å². The molecular weight excluding hydrogens is 342 g/mol. The largest absolute Gasteiger partial charge is 0.444 e. The summed E-state index contributed by atoms with van der Waals surface area (Å²) in [5.41, 5.74) is -0.229. The summed E-state index contributed by atoms with van der Waals surface area (Å²) >= 11 is 6.30. The minimum atomic E-state index is -0.432. The quantitative estimate of drug-likeness (QED) is 0.772. The normalized spacial score (nSPS) is 20.0. The predicted octanol–water partition coefficient (Wildman–Crippen LogP) is 4.06. The van der Waals surface area contributed by atoms with E-state index in [1.807, 2.05) is 32.7 Å². The number of thiophene rings is 1. The number of likely N-dealkylation sites (tertiary alicyclic amines) is 1. The molecule has 134 valence electrons. The third-order valence-electron chi connectivity index (χ3n) is 4.91. The average Bonchev–Trinajstić information content (AvgIpc) is 2.84. The van der Waals surface area contributed by atoms with Gasteiger partial charge in [-0.2, -0.15) is 0 Å². The van der Waals surface area contributed by atoms with Gasteiger partial charge < -0.3 is 19.9 Å². The van der Waals surface area contributed by atoms with Gasteiger partial charge in [-0.25, -0.2) is 4.79 Å². The van der Waals surface area contributed by atoms with E-state index in [1.165, 1.54) is 11.4 Å². The molecule has 1 aromatic rings. The summed E-state index contributed by atoms with van der Waals surface area (Å²) in [6, 6.07) is 2.15. The van der Waals surface area contributed by atoms with Crippen LogP contribution < -0.4 is 10.2 Å². The van der Waals surface area contributed by atoms with Crippen LogP contribution in [0.15, 0.2) is 11.0 Å². The molecule has 2 saturated heterocycles. The Kier molecular flexibility index (Phi) is 4.68. The Hall–Kier alpha value is -1.08. The number of thiol groups is 1. The van der Waals surface area contributed by atoms with Gasteiger partial charge in [-0.15, -0.1) is 12.6 Å². The monoisotopic (exact) mass is 369 g/mol. The minimum Gasteiger partial charge on any atom is -0.444 e. The van der Waals surface area contributed by atoms with Crippen molar-refractivity contribution in [2.45, 2.75) is 56.1 Å². The zero-order valence-corrected chi connectivity index (χ0v) is 16.6. The van der Waals surface area contributed by atoms with Crippen LogP contribution in [0.2, 0.25) is 0 Å². The lowest BCUT2D eigenvalue weighted by Crippen LogP contribution is -2.64. The van der Waals surface area contributed by atoms with E-state index in [4.69, 9.17) is 4.74 Å². The first kappa shape index (κ1) is 17.7. The standard InChI is InChI=1S/C17H27N3O2S2/c1-16(2,3)22-15(21)19-8-5-17(6-9-19)7-10-20(17)13-11-12(23)14(18-4)24-13/h11,18,23H,5-10H2,1-4H3. The van der Waals surface area contributed by atoms with E-state index in [0.717, 1.165) is 42.4 Å². The molecule has 2 fully saturated rings. The van der Waals surface area contributed by atoms with Crippen LogP contribution in [0.25, 0.3) is 0 Å². The van der Waals surface area contributed by atoms with Crippen molar-refractivity contribution in [2.75, 3.05) is 36.9 Å². The van der Waals surface area contributed by atoms with Crippen molar-refractivity contribution in [2.24, 2.45) is 0 Å². The number of hydrogen-bond acceptors (Lipinski definition) is 6. The Labute approximate surface area is 153 Å². The Morgan fingerprint density at radius 3 is 2.38 bits per heavy atom. The van der Waals surface area contributed by atoms with Gasteiger partial charge in [-0.05, 0) is 46.1 Å². The molecular formula is C17H27N3O2S2. The SMILES string of the molecule is CNc1sc(N2CCC23CCN(C(=O)OC(C)(C)C)CC3)cc1S. The number of anilines is 2. The van der Waals surface area contributed by atoms with Crippen LogP contribution in [0.4, 0.5) is 14.8 Å². The molecule has 0 saturated carbocycles. The summed E-state index contributed by atoms with van der Waals surface area (Å²) in [7, 11) is 1.93. The molecule has 0 unspecified atom stereocenters. The van der Waals surface area contributed by atoms with E-state index in [1.54, 1.807) is 11.3 Å². The fourth-order valence-corrected chi connectivity index (χ4v) is 5.02. The average molecular weight is 370 g/mol. The zero-order chi connectivity index (χ0) is 17.5. The number of hydrogen-bond donors (Lipinski definition) is 2. The van der Waals surface area contributed by atoms with Crippen LogP contribution in [0.3, 0.4) is 0 Å². The Bertz CT molecular complexity index is 616. The fraction of sp³-hybridized carbons (Fsp3) is 0.706. The maximum absolute atomic E-state index is 12.2. The Morgan fingerprint density at radius 2 is 1.92 bits per heavy atom. The number of carbonyl (C=O) groups is 1. The Morgan fingerprint density at radius 1 is 1.29 bits per heavy atom. The Balaban J connectivity index is 1.64. The molecule has 5 nitrogen and oxygen atoms in total. The summed E-state index contributed by atoms with van der Waals surface area (Å²) in [5, 5.41) is 5.59. The van der Waals surface area contributed by atoms with Gasteiger partial charge in [-0.3, -0.25) is 0 Å². The highest BCUT2D eigenvalue weighted by atomic mass is 32.1. The number of carbonyl (C=O) groups excluding carboxylic acids is 1. The van der Waals surface area contributed by atoms with E-state index < -0.39 is 5.60 Å². The zero-order valence-electron chi connectivity index (χ0n) is 14.9. The third kappa shape index (κ3) is 3.33. The van der Waals surface area contributed by atoms with E-state index in [2.05, 4.69) is 28.9 Å². The first-order valence-electron chi connectivity index (χ1n) is 8.50. The first-order chi connectivity index (χ1) is 11.2. The molecule has 1 spiro atoms. The molecule has 24 heavy (non-hydrogen) atoms. The lowest BCUT2D eigenvalue weighted by atomic mass is 9.76. The number of rotatable bonds is 2. The molecule has 0 aliphatic carbocycles. The molecule has 1 aromatic heterocycles. The van der Waals surface area contributed by atoms with Crippen molar-refractivity contribution < 1.29 is 9.53 Å². The van der Waals surface area contributed by atoms with Crippen LogP contribution in [0.5, 0.6) is 0 Å². The van der Waals surface area contributed by atoms with Gasteiger partial charge in [0.2, 0.25) is 0 Å². The molecule has 0 radical (unpaired) electrons. The second kappa shape index (κ2) is 6.33. The van der Waals surface area contributed by atoms with Crippen LogP contribution in [-0.2, 0) is 4.74 Å². The van der Waals surface area contributed by atoms with E-state index in [-0.39, 0.29) is 11.6 Å². The molecule has 3 heterocycles. The minimum absolute atomic E-state index is 0.186. The van der Waals surface area contributed by atoms with Crippen LogP contribution >= 0.6 is 24.0 Å². The maximum atomic E-state index is 12.2. The second-order valence-electron chi connectivity index (χ2n) is 7.64. The molecule has 3 rings (SSSR count). The maximum Gasteiger partial charge on any atom is 0.410 e. The molecule has 0 atom stereocenters. The van der Waals surface area contributed by atoms with Gasteiger partial charge in [0.25, 0.3) is 0 Å². The van der Waals surface area contributed by atoms with Crippen molar-refractivity contribution in [3.63, 3.8) is 0 Å². The number of nitrogens with one attached hydrogen (secondary N) is 1. The van der Waals surface area contributed by atoms with Crippen molar-refractivity contribution >= 4 is 40.1 Å². The highest BCUT2D eigenvalue weighted by molar-refractivity contribution is 7.80. The lowest BCUT2D eigenvalue weighted by molar-refractivity contribution is 0.0131. The van der Waals surface area contributed by atoms with Gasteiger partial charge in [0.05, 0.1) is 5.00 Å². The smallest absolute Gasteiger partial charge is 0.410 e. The topological polar surface area (TPSA) is 44.8 Å². The lowest BCUT2D eigenvalue weighted by Gasteiger charge is -2.57. The molecule has 0 aromatic carbocycles. The van der Waals surface area contributed by atoms with Crippen molar-refractivity contribution in [3.05, 3.63) is 6.07 Å². The summed E-state index contributed by atoms with van der Waals surface area (Å²) in [6.45, 7) is 8.36. The first-order valence-corrected chi connectivity index (χ1v) is 9.77. The van der Waals surface area contributed by atoms with Gasteiger partial charge >= 0.3 is 6.09 Å². The van der Waals surface area contributed by atoms with E-state index >= 15 is 0 Å². The van der Waals surface area contributed by atoms with E-state index in [9.17, 15) is 4.79 Å². The van der Waals surface area contributed by atoms with Gasteiger partial charge in [0, 0.05) is 37.1 Å². The molecule has 1 amide bonds. The molecule has 7 heteroatoms. The van der Waals surface area contributed by atoms with Crippen LogP contribution in [0, 0.1) is 0 Å². The highest BCUT2D eigenvalue weighted by Gasteiger charge is 2.48. The van der Waals surface area contributed by atoms with Crippen LogP contribution in [0.1, 0.15) is 40.0 Å². The number of piperidine rings is 1. The number of ether oxygens (including phenoxy) is 1. The number of amides is 1. The number of nitrogens with zero attached hydrogens (tertiary/aromatic N) is 2. The summed E-state index contributed by atoms with van der Waals surface area (Å²) in [4.78, 5) is 17.6. The fourth-order valence-electron chi connectivity index (χ4n) is 3.52. The highest BCUT2D eigenvalue weighted by Crippen LogP contribution is 2.48. The van der Waals surface area contributed by atoms with Gasteiger partial charge in [-0.1, -0.05) is 11.3 Å². The van der Waals surface area contributed by atoms with Crippen molar-refractivity contribution in [3.8, 4) is 0 Å². The van der Waals surface area contributed by atoms with Gasteiger partial charge in [0.15, 0.2) is 0 Å². The molecule has 1 N–H and O–H groups in total. The summed E-state index contributed by atoms with van der Waals surface area (Å²) in [5.74, 6) is 0.